The largest absolute Gasteiger partial charge is 0.273 e. The van der Waals surface area contributed by atoms with Gasteiger partial charge in [-0.05, 0) is 42.3 Å². The molecule has 1 aliphatic rings. The van der Waals surface area contributed by atoms with Crippen molar-refractivity contribution in [2.24, 2.45) is 5.10 Å². The normalized spacial score (nSPS) is 15.0. The highest BCUT2D eigenvalue weighted by molar-refractivity contribution is 6.31. The number of hydrogen-bond acceptors (Lipinski definition) is 4. The van der Waals surface area contributed by atoms with E-state index in [2.05, 4.69) is 15.1 Å². The minimum absolute atomic E-state index is 0.0600. The fourth-order valence-electron chi connectivity index (χ4n) is 3.11. The molecule has 6 heteroatoms. The maximum absolute atomic E-state index is 12.0. The van der Waals surface area contributed by atoms with Crippen LogP contribution in [0.1, 0.15) is 24.1 Å². The number of hydrazone groups is 1. The molecule has 0 saturated carbocycles. The van der Waals surface area contributed by atoms with Crippen molar-refractivity contribution in [1.29, 1.82) is 0 Å². The van der Waals surface area contributed by atoms with Crippen LogP contribution in [0, 0.1) is 0 Å². The molecule has 0 radical (unpaired) electrons. The van der Waals surface area contributed by atoms with Crippen molar-refractivity contribution in [2.75, 3.05) is 6.54 Å². The summed E-state index contributed by atoms with van der Waals surface area (Å²) in [5.74, 6) is 0.0600. The number of fused-ring (bicyclic) bond motifs is 1. The van der Waals surface area contributed by atoms with Crippen molar-refractivity contribution < 1.29 is 4.79 Å². The first-order chi connectivity index (χ1) is 12.7. The zero-order chi connectivity index (χ0) is 17.9. The Kier molecular flexibility index (Phi) is 4.63. The molecule has 5 nitrogen and oxygen atoms in total. The van der Waals surface area contributed by atoms with Crippen LogP contribution in [0.15, 0.2) is 60.0 Å². The average Bonchev–Trinajstić information content (AvgIpc) is 3.06. The third-order valence-electron chi connectivity index (χ3n) is 4.40. The Labute approximate surface area is 156 Å². The summed E-state index contributed by atoms with van der Waals surface area (Å²) in [5, 5.41) is 7.88. The first-order valence-corrected chi connectivity index (χ1v) is 8.91. The number of halogens is 1. The van der Waals surface area contributed by atoms with Crippen LogP contribution in [-0.4, -0.2) is 33.1 Å². The number of carbonyl (C=O) groups excluding carboxylic acids is 1. The number of amides is 1. The molecule has 1 aliphatic heterocycles. The van der Waals surface area contributed by atoms with Crippen molar-refractivity contribution in [1.82, 2.24) is 15.0 Å². The average molecular weight is 365 g/mol. The highest BCUT2D eigenvalue weighted by atomic mass is 35.5. The molecule has 0 aliphatic carbocycles. The van der Waals surface area contributed by atoms with Gasteiger partial charge in [0.1, 0.15) is 0 Å². The second kappa shape index (κ2) is 7.22. The van der Waals surface area contributed by atoms with Crippen molar-refractivity contribution in [3.05, 3.63) is 71.1 Å². The van der Waals surface area contributed by atoms with Gasteiger partial charge in [0.05, 0.1) is 16.9 Å². The van der Waals surface area contributed by atoms with Crippen LogP contribution < -0.4 is 0 Å². The van der Waals surface area contributed by atoms with Gasteiger partial charge >= 0.3 is 0 Å². The third kappa shape index (κ3) is 3.44. The Morgan fingerprint density at radius 2 is 2.08 bits per heavy atom. The first kappa shape index (κ1) is 16.7. The Bertz CT molecular complexity index is 988. The molecular formula is C20H17ClN4O. The van der Waals surface area contributed by atoms with E-state index in [4.69, 9.17) is 11.6 Å². The van der Waals surface area contributed by atoms with Gasteiger partial charge in [-0.3, -0.25) is 14.8 Å². The molecule has 4 rings (SSSR count). The summed E-state index contributed by atoms with van der Waals surface area (Å²) in [6, 6.07) is 13.4. The lowest BCUT2D eigenvalue weighted by Crippen LogP contribution is -2.22. The lowest BCUT2D eigenvalue weighted by molar-refractivity contribution is -0.127. The van der Waals surface area contributed by atoms with Crippen LogP contribution >= 0.6 is 11.6 Å². The molecule has 1 saturated heterocycles. The highest BCUT2D eigenvalue weighted by Crippen LogP contribution is 2.22. The summed E-state index contributed by atoms with van der Waals surface area (Å²) < 4.78 is 0. The minimum atomic E-state index is 0.0600. The molecule has 0 bridgehead atoms. The van der Waals surface area contributed by atoms with E-state index in [0.717, 1.165) is 34.3 Å². The van der Waals surface area contributed by atoms with E-state index < -0.39 is 0 Å². The zero-order valence-electron chi connectivity index (χ0n) is 14.1. The van der Waals surface area contributed by atoms with Crippen molar-refractivity contribution in [3.63, 3.8) is 0 Å². The number of carbonyl (C=O) groups is 1. The summed E-state index contributed by atoms with van der Waals surface area (Å²) in [6.07, 6.45) is 5.46. The van der Waals surface area contributed by atoms with Gasteiger partial charge < -0.3 is 0 Å². The Hall–Kier alpha value is -2.79. The van der Waals surface area contributed by atoms with E-state index in [9.17, 15) is 4.79 Å². The number of benzene rings is 1. The second-order valence-electron chi connectivity index (χ2n) is 6.19. The van der Waals surface area contributed by atoms with Crippen molar-refractivity contribution in [2.45, 2.75) is 19.3 Å². The van der Waals surface area contributed by atoms with Gasteiger partial charge in [0.2, 0.25) is 5.91 Å². The molecule has 0 atom stereocenters. The molecule has 1 aromatic carbocycles. The predicted octanol–water partition coefficient (Wildman–Crippen LogP) is 3.85. The molecular weight excluding hydrogens is 348 g/mol. The molecule has 0 spiro atoms. The predicted molar refractivity (Wildman–Crippen MR) is 102 cm³/mol. The quantitative estimate of drug-likeness (QED) is 0.660. The molecule has 0 N–H and O–H groups in total. The minimum Gasteiger partial charge on any atom is -0.273 e. The van der Waals surface area contributed by atoms with Crippen LogP contribution in [-0.2, 0) is 11.2 Å². The monoisotopic (exact) mass is 364 g/mol. The summed E-state index contributed by atoms with van der Waals surface area (Å²) in [7, 11) is 0. The SMILES string of the molecule is O=C1CCCN1N=C(Cc1ccnc2cc(Cl)ccc12)c1ccccn1. The van der Waals surface area contributed by atoms with Gasteiger partial charge in [0, 0.05) is 42.2 Å². The molecule has 3 aromatic rings. The fraction of sp³-hybridized carbons (Fsp3) is 0.200. The molecule has 1 fully saturated rings. The molecule has 2 aromatic heterocycles. The summed E-state index contributed by atoms with van der Waals surface area (Å²) >= 11 is 6.08. The summed E-state index contributed by atoms with van der Waals surface area (Å²) in [5.41, 5.74) is 3.45. The maximum Gasteiger partial charge on any atom is 0.242 e. The van der Waals surface area contributed by atoms with Crippen molar-refractivity contribution in [3.8, 4) is 0 Å². The van der Waals surface area contributed by atoms with Crippen LogP contribution in [0.5, 0.6) is 0 Å². The van der Waals surface area contributed by atoms with Crippen LogP contribution in [0.4, 0.5) is 0 Å². The Morgan fingerprint density at radius 1 is 1.15 bits per heavy atom. The number of nitrogens with zero attached hydrogens (tertiary/aromatic N) is 4. The standard InChI is InChI=1S/C20H17ClN4O/c21-15-6-7-16-14(8-10-23-18(16)13-15)12-19(17-4-1-2-9-22-17)24-25-11-3-5-20(25)26/h1-2,4,6-10,13H,3,5,11-12H2. The smallest absolute Gasteiger partial charge is 0.242 e. The van der Waals surface area contributed by atoms with Gasteiger partial charge in [-0.2, -0.15) is 5.10 Å². The van der Waals surface area contributed by atoms with E-state index in [0.29, 0.717) is 24.4 Å². The topological polar surface area (TPSA) is 58.5 Å². The second-order valence-corrected chi connectivity index (χ2v) is 6.63. The van der Waals surface area contributed by atoms with Crippen LogP contribution in [0.3, 0.4) is 0 Å². The number of pyridine rings is 2. The van der Waals surface area contributed by atoms with E-state index in [-0.39, 0.29) is 5.91 Å². The highest BCUT2D eigenvalue weighted by Gasteiger charge is 2.21. The van der Waals surface area contributed by atoms with Gasteiger partial charge in [-0.15, -0.1) is 0 Å². The number of aromatic nitrogens is 2. The number of hydrogen-bond donors (Lipinski definition) is 0. The lowest BCUT2D eigenvalue weighted by atomic mass is 10.0. The van der Waals surface area contributed by atoms with E-state index in [1.54, 1.807) is 17.4 Å². The van der Waals surface area contributed by atoms with Gasteiger partial charge in [0.15, 0.2) is 0 Å². The molecule has 1 amide bonds. The Morgan fingerprint density at radius 3 is 2.85 bits per heavy atom. The van der Waals surface area contributed by atoms with E-state index >= 15 is 0 Å². The molecule has 0 unspecified atom stereocenters. The summed E-state index contributed by atoms with van der Waals surface area (Å²) in [4.78, 5) is 20.8. The van der Waals surface area contributed by atoms with Crippen molar-refractivity contribution >= 4 is 34.1 Å². The lowest BCUT2D eigenvalue weighted by Gasteiger charge is -2.14. The number of rotatable bonds is 4. The van der Waals surface area contributed by atoms with Crippen LogP contribution in [0.2, 0.25) is 5.02 Å². The van der Waals surface area contributed by atoms with Gasteiger partial charge in [0.25, 0.3) is 0 Å². The zero-order valence-corrected chi connectivity index (χ0v) is 14.9. The van der Waals surface area contributed by atoms with E-state index in [1.165, 1.54) is 0 Å². The molecule has 3 heterocycles. The first-order valence-electron chi connectivity index (χ1n) is 8.53. The maximum atomic E-state index is 12.0. The van der Waals surface area contributed by atoms with E-state index in [1.807, 2.05) is 42.5 Å². The van der Waals surface area contributed by atoms with Crippen LogP contribution in [0.25, 0.3) is 10.9 Å². The fourth-order valence-corrected chi connectivity index (χ4v) is 3.28. The molecule has 26 heavy (non-hydrogen) atoms. The summed E-state index contributed by atoms with van der Waals surface area (Å²) in [6.45, 7) is 0.655. The van der Waals surface area contributed by atoms with Gasteiger partial charge in [-0.25, -0.2) is 5.01 Å². The third-order valence-corrected chi connectivity index (χ3v) is 4.64. The molecule has 130 valence electrons. The van der Waals surface area contributed by atoms with Gasteiger partial charge in [-0.1, -0.05) is 23.7 Å². The Balaban J connectivity index is 1.76.